The van der Waals surface area contributed by atoms with Crippen molar-refractivity contribution in [1.82, 2.24) is 0 Å². The van der Waals surface area contributed by atoms with Crippen LogP contribution in [0.2, 0.25) is 13.3 Å². The molecule has 0 aliphatic carbocycles. The standard InChI is InChI=1S/C6H5.C4H9.C3H7.CH3.Sn/c1-2-4-6-5-3-1;1-4(2)3;1-3-2;;/h1-5H;4H,1H2,2-3H3;3H,1-2H3;1H3;. The van der Waals surface area contributed by atoms with Crippen molar-refractivity contribution in [2.24, 2.45) is 5.92 Å². The first-order valence-electron chi connectivity index (χ1n) is 6.02. The van der Waals surface area contributed by atoms with Crippen molar-refractivity contribution in [2.45, 2.75) is 41.0 Å². The van der Waals surface area contributed by atoms with Gasteiger partial charge in [-0.25, -0.2) is 0 Å². The molecule has 0 spiro atoms. The van der Waals surface area contributed by atoms with Crippen LogP contribution < -0.4 is 3.58 Å². The molecule has 0 N–H and O–H groups in total. The van der Waals surface area contributed by atoms with Crippen molar-refractivity contribution in [1.29, 1.82) is 0 Å². The van der Waals surface area contributed by atoms with Crippen LogP contribution in [0.5, 0.6) is 0 Å². The van der Waals surface area contributed by atoms with Crippen LogP contribution in [0.1, 0.15) is 27.7 Å². The number of benzene rings is 1. The van der Waals surface area contributed by atoms with Gasteiger partial charge in [-0.3, -0.25) is 0 Å². The molecule has 1 aromatic carbocycles. The van der Waals surface area contributed by atoms with E-state index in [1.807, 2.05) is 0 Å². The van der Waals surface area contributed by atoms with E-state index in [1.165, 1.54) is 4.44 Å². The van der Waals surface area contributed by atoms with Crippen molar-refractivity contribution in [3.63, 3.8) is 0 Å². The Morgan fingerprint density at radius 3 is 1.93 bits per heavy atom. The summed E-state index contributed by atoms with van der Waals surface area (Å²) in [6, 6.07) is 11.3. The van der Waals surface area contributed by atoms with E-state index in [4.69, 9.17) is 0 Å². The molecule has 0 heterocycles. The summed E-state index contributed by atoms with van der Waals surface area (Å²) in [7, 11) is 0. The summed E-state index contributed by atoms with van der Waals surface area (Å²) in [6.45, 7) is 9.57. The van der Waals surface area contributed by atoms with Gasteiger partial charge >= 0.3 is 99.2 Å². The molecule has 0 saturated carbocycles. The van der Waals surface area contributed by atoms with Crippen LogP contribution >= 0.6 is 0 Å². The Kier molecular flexibility index (Phi) is 4.69. The Morgan fingerprint density at radius 1 is 1.00 bits per heavy atom. The van der Waals surface area contributed by atoms with Gasteiger partial charge < -0.3 is 0 Å². The molecule has 1 atom stereocenters. The third-order valence-corrected chi connectivity index (χ3v) is 20.3. The predicted molar refractivity (Wildman–Crippen MR) is 72.4 cm³/mol. The molecule has 0 aliphatic rings. The van der Waals surface area contributed by atoms with E-state index in [0.29, 0.717) is 0 Å². The average molecular weight is 311 g/mol. The van der Waals surface area contributed by atoms with Gasteiger partial charge in [0, 0.05) is 0 Å². The van der Waals surface area contributed by atoms with Crippen LogP contribution in [0.25, 0.3) is 0 Å². The fraction of sp³-hybridized carbons (Fsp3) is 0.571. The van der Waals surface area contributed by atoms with Crippen molar-refractivity contribution in [3.05, 3.63) is 30.3 Å². The maximum absolute atomic E-state index is 2.61. The molecule has 0 aliphatic heterocycles. The van der Waals surface area contributed by atoms with Gasteiger partial charge in [0.25, 0.3) is 0 Å². The van der Waals surface area contributed by atoms with Crippen molar-refractivity contribution in [3.8, 4) is 0 Å². The van der Waals surface area contributed by atoms with Crippen LogP contribution in [0.4, 0.5) is 0 Å². The van der Waals surface area contributed by atoms with Gasteiger partial charge in [0.15, 0.2) is 0 Å². The summed E-state index contributed by atoms with van der Waals surface area (Å²) in [5.41, 5.74) is 0. The Hall–Kier alpha value is 0.0187. The zero-order valence-electron chi connectivity index (χ0n) is 10.7. The molecular weight excluding hydrogens is 287 g/mol. The van der Waals surface area contributed by atoms with Crippen LogP contribution in [0, 0.1) is 5.92 Å². The zero-order valence-corrected chi connectivity index (χ0v) is 13.6. The third-order valence-electron chi connectivity index (χ3n) is 3.54. The van der Waals surface area contributed by atoms with E-state index in [2.05, 4.69) is 63.0 Å². The van der Waals surface area contributed by atoms with Gasteiger partial charge in [-0.05, 0) is 0 Å². The van der Waals surface area contributed by atoms with Gasteiger partial charge in [0.05, 0.1) is 0 Å². The number of hydrogen-bond donors (Lipinski definition) is 0. The second kappa shape index (κ2) is 5.38. The Labute approximate surface area is 99.0 Å². The van der Waals surface area contributed by atoms with E-state index >= 15 is 0 Å². The first-order valence-corrected chi connectivity index (χ1v) is 14.0. The molecule has 0 amide bonds. The molecule has 1 unspecified atom stereocenters. The molecule has 0 fully saturated rings. The first kappa shape index (κ1) is 13.1. The summed E-state index contributed by atoms with van der Waals surface area (Å²) in [5, 5.41) is 0. The van der Waals surface area contributed by atoms with E-state index in [-0.39, 0.29) is 0 Å². The van der Waals surface area contributed by atoms with Gasteiger partial charge in [-0.1, -0.05) is 0 Å². The molecule has 0 radical (unpaired) electrons. The molecule has 15 heavy (non-hydrogen) atoms. The molecule has 1 aromatic rings. The maximum atomic E-state index is 2.61. The second-order valence-corrected chi connectivity index (χ2v) is 19.7. The minimum absolute atomic E-state index is 0.841. The monoisotopic (exact) mass is 312 g/mol. The summed E-state index contributed by atoms with van der Waals surface area (Å²) in [6.07, 6.45) is 0. The molecule has 0 aromatic heterocycles. The van der Waals surface area contributed by atoms with Crippen LogP contribution in [-0.4, -0.2) is 18.4 Å². The Balaban J connectivity index is 3.02. The van der Waals surface area contributed by atoms with Crippen LogP contribution in [0.15, 0.2) is 30.3 Å². The topological polar surface area (TPSA) is 0 Å². The first-order chi connectivity index (χ1) is 6.97. The number of hydrogen-bond acceptors (Lipinski definition) is 0. The summed E-state index contributed by atoms with van der Waals surface area (Å²) in [5.74, 6) is 0.841. The van der Waals surface area contributed by atoms with E-state index in [9.17, 15) is 0 Å². The third kappa shape index (κ3) is 3.24. The normalized spacial score (nSPS) is 15.7. The second-order valence-electron chi connectivity index (χ2n) is 5.54. The van der Waals surface area contributed by atoms with Crippen LogP contribution in [0.3, 0.4) is 0 Å². The Morgan fingerprint density at radius 2 is 1.53 bits per heavy atom. The SMILES string of the molecule is CC(C)[CH2][Sn]([CH3])([c]1ccccc1)[CH](C)C. The molecule has 0 saturated heterocycles. The fourth-order valence-electron chi connectivity index (χ4n) is 2.35. The fourth-order valence-corrected chi connectivity index (χ4v) is 13.8. The van der Waals surface area contributed by atoms with Gasteiger partial charge in [0.1, 0.15) is 0 Å². The summed E-state index contributed by atoms with van der Waals surface area (Å²) in [4.78, 5) is 2.61. The molecular formula is C14H24Sn. The quantitative estimate of drug-likeness (QED) is 0.736. The number of rotatable bonds is 4. The van der Waals surface area contributed by atoms with E-state index in [0.717, 1.165) is 9.85 Å². The predicted octanol–water partition coefficient (Wildman–Crippen LogP) is 4.04. The van der Waals surface area contributed by atoms with Crippen molar-refractivity contribution >= 4 is 22.0 Å². The summed E-state index contributed by atoms with van der Waals surface area (Å²) >= 11 is -2.08. The van der Waals surface area contributed by atoms with Crippen LogP contribution in [-0.2, 0) is 0 Å². The van der Waals surface area contributed by atoms with E-state index < -0.39 is 18.4 Å². The molecule has 1 heteroatoms. The van der Waals surface area contributed by atoms with Gasteiger partial charge in [-0.15, -0.1) is 0 Å². The molecule has 1 rings (SSSR count). The summed E-state index contributed by atoms with van der Waals surface area (Å²) < 4.78 is 4.05. The molecule has 0 nitrogen and oxygen atoms in total. The average Bonchev–Trinajstić information content (AvgIpc) is 2.17. The van der Waals surface area contributed by atoms with Crippen molar-refractivity contribution < 1.29 is 0 Å². The molecule has 0 bridgehead atoms. The minimum atomic E-state index is -2.08. The zero-order chi connectivity index (χ0) is 11.5. The molecule has 84 valence electrons. The van der Waals surface area contributed by atoms with Gasteiger partial charge in [-0.2, -0.15) is 0 Å². The Bertz CT molecular complexity index is 289. The van der Waals surface area contributed by atoms with E-state index in [1.54, 1.807) is 3.58 Å². The van der Waals surface area contributed by atoms with Gasteiger partial charge in [0.2, 0.25) is 0 Å². The van der Waals surface area contributed by atoms with Crippen molar-refractivity contribution in [2.75, 3.05) is 0 Å².